The van der Waals surface area contributed by atoms with Crippen molar-refractivity contribution in [1.82, 2.24) is 4.98 Å². The number of aliphatic hydroxyl groups excluding tert-OH is 1. The molecule has 4 heteroatoms. The molecule has 0 amide bonds. The van der Waals surface area contributed by atoms with Crippen molar-refractivity contribution in [2.45, 2.75) is 6.61 Å². The van der Waals surface area contributed by atoms with Crippen LogP contribution in [-0.2, 0) is 6.61 Å². The monoisotopic (exact) mass is 329 g/mol. The summed E-state index contributed by atoms with van der Waals surface area (Å²) < 4.78 is 0. The van der Waals surface area contributed by atoms with Crippen LogP contribution >= 0.6 is 23.2 Å². The number of benzene rings is 2. The van der Waals surface area contributed by atoms with E-state index >= 15 is 0 Å². The Labute approximate surface area is 139 Å². The number of hydrogen-bond donors (Lipinski definition) is 1. The molecule has 0 unspecified atom stereocenters. The summed E-state index contributed by atoms with van der Waals surface area (Å²) in [6.45, 7) is -0.0523. The largest absolute Gasteiger partial charge is 0.392 e. The quantitative estimate of drug-likeness (QED) is 0.715. The van der Waals surface area contributed by atoms with Gasteiger partial charge in [0.25, 0.3) is 0 Å². The van der Waals surface area contributed by atoms with E-state index in [1.807, 2.05) is 36.4 Å². The molecule has 1 heterocycles. The second-order valence-corrected chi connectivity index (χ2v) is 5.71. The lowest BCUT2D eigenvalue weighted by Crippen LogP contribution is -1.94. The Morgan fingerprint density at radius 2 is 1.82 bits per heavy atom. The molecule has 0 aliphatic heterocycles. The minimum Gasteiger partial charge on any atom is -0.392 e. The van der Waals surface area contributed by atoms with E-state index in [4.69, 9.17) is 23.2 Å². The first kappa shape index (κ1) is 15.0. The SMILES string of the molecule is OCc1cccc(-c2ccc(Cl)cc2Cl)c1-c1cccnc1. The molecule has 2 aromatic carbocycles. The van der Waals surface area contributed by atoms with Crippen LogP contribution in [0.1, 0.15) is 5.56 Å². The van der Waals surface area contributed by atoms with Gasteiger partial charge in [0.1, 0.15) is 0 Å². The molecule has 0 fully saturated rings. The van der Waals surface area contributed by atoms with Crippen molar-refractivity contribution in [2.24, 2.45) is 0 Å². The average molecular weight is 330 g/mol. The van der Waals surface area contributed by atoms with E-state index in [0.717, 1.165) is 27.8 Å². The second kappa shape index (κ2) is 6.49. The first-order valence-corrected chi connectivity index (χ1v) is 7.55. The number of aliphatic hydroxyl groups is 1. The lowest BCUT2D eigenvalue weighted by atomic mass is 9.91. The molecule has 0 aliphatic carbocycles. The number of aromatic nitrogens is 1. The molecule has 3 aromatic rings. The van der Waals surface area contributed by atoms with E-state index in [0.29, 0.717) is 10.0 Å². The summed E-state index contributed by atoms with van der Waals surface area (Å²) in [5, 5.41) is 10.9. The predicted molar refractivity (Wildman–Crippen MR) is 91.1 cm³/mol. The Hall–Kier alpha value is -1.87. The first-order valence-electron chi connectivity index (χ1n) is 6.79. The zero-order chi connectivity index (χ0) is 15.5. The normalized spacial score (nSPS) is 10.7. The third-order valence-electron chi connectivity index (χ3n) is 3.49. The number of nitrogens with zero attached hydrogens (tertiary/aromatic N) is 1. The molecule has 0 saturated carbocycles. The number of pyridine rings is 1. The van der Waals surface area contributed by atoms with Gasteiger partial charge in [-0.2, -0.15) is 0 Å². The Kier molecular flexibility index (Phi) is 4.44. The van der Waals surface area contributed by atoms with Crippen molar-refractivity contribution in [2.75, 3.05) is 0 Å². The number of halogens is 2. The minimum atomic E-state index is -0.0523. The van der Waals surface area contributed by atoms with Gasteiger partial charge in [-0.05, 0) is 34.9 Å². The van der Waals surface area contributed by atoms with Crippen LogP contribution in [0.4, 0.5) is 0 Å². The fourth-order valence-electron chi connectivity index (χ4n) is 2.52. The van der Waals surface area contributed by atoms with Gasteiger partial charge in [-0.15, -0.1) is 0 Å². The molecule has 110 valence electrons. The highest BCUT2D eigenvalue weighted by molar-refractivity contribution is 6.36. The maximum absolute atomic E-state index is 9.69. The van der Waals surface area contributed by atoms with Gasteiger partial charge in [-0.3, -0.25) is 4.98 Å². The van der Waals surface area contributed by atoms with Crippen LogP contribution < -0.4 is 0 Å². The molecule has 22 heavy (non-hydrogen) atoms. The van der Waals surface area contributed by atoms with Crippen LogP contribution in [0.25, 0.3) is 22.3 Å². The molecule has 0 radical (unpaired) electrons. The second-order valence-electron chi connectivity index (χ2n) is 4.86. The maximum Gasteiger partial charge on any atom is 0.0688 e. The van der Waals surface area contributed by atoms with Crippen LogP contribution in [0.2, 0.25) is 10.0 Å². The standard InChI is InChI=1S/C18H13Cl2NO/c19-14-6-7-15(17(20)9-14)16-5-1-3-13(11-22)18(16)12-4-2-8-21-10-12/h1-10,22H,11H2. The van der Waals surface area contributed by atoms with E-state index in [-0.39, 0.29) is 6.61 Å². The van der Waals surface area contributed by atoms with Crippen LogP contribution in [0, 0.1) is 0 Å². The molecule has 0 spiro atoms. The van der Waals surface area contributed by atoms with Gasteiger partial charge < -0.3 is 5.11 Å². The molecule has 1 N–H and O–H groups in total. The van der Waals surface area contributed by atoms with Gasteiger partial charge in [-0.1, -0.05) is 53.5 Å². The lowest BCUT2D eigenvalue weighted by Gasteiger charge is -2.15. The van der Waals surface area contributed by atoms with E-state index in [2.05, 4.69) is 4.98 Å². The summed E-state index contributed by atoms with van der Waals surface area (Å²) in [4.78, 5) is 4.17. The lowest BCUT2D eigenvalue weighted by molar-refractivity contribution is 0.282. The fraction of sp³-hybridized carbons (Fsp3) is 0.0556. The minimum absolute atomic E-state index is 0.0523. The molecule has 0 aliphatic rings. The number of rotatable bonds is 3. The van der Waals surface area contributed by atoms with E-state index in [9.17, 15) is 5.11 Å². The van der Waals surface area contributed by atoms with E-state index in [1.54, 1.807) is 24.5 Å². The van der Waals surface area contributed by atoms with Gasteiger partial charge in [0.2, 0.25) is 0 Å². The summed E-state index contributed by atoms with van der Waals surface area (Å²) >= 11 is 12.3. The Morgan fingerprint density at radius 1 is 0.955 bits per heavy atom. The van der Waals surface area contributed by atoms with Gasteiger partial charge in [-0.25, -0.2) is 0 Å². The van der Waals surface area contributed by atoms with E-state index in [1.165, 1.54) is 0 Å². The van der Waals surface area contributed by atoms with Crippen molar-refractivity contribution in [1.29, 1.82) is 0 Å². The van der Waals surface area contributed by atoms with Crippen LogP contribution in [0.5, 0.6) is 0 Å². The van der Waals surface area contributed by atoms with Gasteiger partial charge in [0.15, 0.2) is 0 Å². The molecule has 1 aromatic heterocycles. The van der Waals surface area contributed by atoms with E-state index < -0.39 is 0 Å². The third kappa shape index (κ3) is 2.86. The molecule has 3 rings (SSSR count). The Bertz CT molecular complexity index is 803. The van der Waals surface area contributed by atoms with Crippen LogP contribution in [0.15, 0.2) is 60.9 Å². The molecule has 0 saturated heterocycles. The summed E-state index contributed by atoms with van der Waals surface area (Å²) in [5.41, 5.74) is 4.52. The molecule has 0 bridgehead atoms. The van der Waals surface area contributed by atoms with Gasteiger partial charge in [0.05, 0.1) is 6.61 Å². The highest BCUT2D eigenvalue weighted by Gasteiger charge is 2.14. The van der Waals surface area contributed by atoms with Crippen molar-refractivity contribution in [3.8, 4) is 22.3 Å². The predicted octanol–water partition coefficient (Wildman–Crippen LogP) is 5.21. The van der Waals surface area contributed by atoms with Gasteiger partial charge in [0, 0.05) is 33.6 Å². The topological polar surface area (TPSA) is 33.1 Å². The van der Waals surface area contributed by atoms with Gasteiger partial charge >= 0.3 is 0 Å². The zero-order valence-electron chi connectivity index (χ0n) is 11.6. The maximum atomic E-state index is 9.69. The molecule has 2 nitrogen and oxygen atoms in total. The first-order chi connectivity index (χ1) is 10.7. The summed E-state index contributed by atoms with van der Waals surface area (Å²) in [6.07, 6.45) is 3.50. The van der Waals surface area contributed by atoms with Crippen molar-refractivity contribution < 1.29 is 5.11 Å². The third-order valence-corrected chi connectivity index (χ3v) is 4.04. The Morgan fingerprint density at radius 3 is 2.50 bits per heavy atom. The van der Waals surface area contributed by atoms with Crippen molar-refractivity contribution in [3.63, 3.8) is 0 Å². The van der Waals surface area contributed by atoms with Crippen LogP contribution in [-0.4, -0.2) is 10.1 Å². The summed E-state index contributed by atoms with van der Waals surface area (Å²) in [5.74, 6) is 0. The summed E-state index contributed by atoms with van der Waals surface area (Å²) in [6, 6.07) is 15.0. The fourth-order valence-corrected chi connectivity index (χ4v) is 3.03. The summed E-state index contributed by atoms with van der Waals surface area (Å²) in [7, 11) is 0. The average Bonchev–Trinajstić information content (AvgIpc) is 2.55. The molecular weight excluding hydrogens is 317 g/mol. The van der Waals surface area contributed by atoms with Crippen molar-refractivity contribution >= 4 is 23.2 Å². The highest BCUT2D eigenvalue weighted by Crippen LogP contribution is 2.38. The zero-order valence-corrected chi connectivity index (χ0v) is 13.1. The van der Waals surface area contributed by atoms with Crippen LogP contribution in [0.3, 0.4) is 0 Å². The molecular formula is C18H13Cl2NO. The smallest absolute Gasteiger partial charge is 0.0688 e. The molecule has 0 atom stereocenters. The highest BCUT2D eigenvalue weighted by atomic mass is 35.5. The Balaban J connectivity index is 2.28. The van der Waals surface area contributed by atoms with Crippen molar-refractivity contribution in [3.05, 3.63) is 76.5 Å². The number of hydrogen-bond acceptors (Lipinski definition) is 2.